The number of allylic oxidation sites excluding steroid dienone is 1. The molecular weight excluding hydrogens is 228 g/mol. The maximum atomic E-state index is 11.8. The Bertz CT molecular complexity index is 295. The first-order valence-electron chi connectivity index (χ1n) is 6.74. The number of hydrogen-bond acceptors (Lipinski definition) is 3. The smallest absolute Gasteiger partial charge is 0.407 e. The van der Waals surface area contributed by atoms with Crippen LogP contribution in [0.5, 0.6) is 0 Å². The van der Waals surface area contributed by atoms with E-state index in [-0.39, 0.29) is 18.2 Å². The summed E-state index contributed by atoms with van der Waals surface area (Å²) in [5.41, 5.74) is -0.444. The van der Waals surface area contributed by atoms with Crippen LogP contribution in [-0.4, -0.2) is 30.8 Å². The van der Waals surface area contributed by atoms with Gasteiger partial charge in [-0.15, -0.1) is 0 Å². The first kappa shape index (κ1) is 15.0. The zero-order valence-electron chi connectivity index (χ0n) is 12.0. The number of likely N-dealkylation sites (N-methyl/N-ethyl adjacent to an activating group) is 1. The average molecular weight is 254 g/mol. The normalized spacial score (nSPS) is 26.9. The number of carbonyl (C=O) groups excluding carboxylic acids is 1. The summed E-state index contributed by atoms with van der Waals surface area (Å²) in [5.74, 6) is 0. The van der Waals surface area contributed by atoms with E-state index >= 15 is 0 Å². The Kier molecular flexibility index (Phi) is 5.66. The van der Waals surface area contributed by atoms with Crippen LogP contribution < -0.4 is 10.6 Å². The van der Waals surface area contributed by atoms with E-state index in [1.165, 1.54) is 0 Å². The van der Waals surface area contributed by atoms with Gasteiger partial charge in [0.15, 0.2) is 0 Å². The van der Waals surface area contributed by atoms with E-state index in [0.717, 1.165) is 25.7 Å². The van der Waals surface area contributed by atoms with Crippen LogP contribution in [0.2, 0.25) is 0 Å². The van der Waals surface area contributed by atoms with Crippen molar-refractivity contribution in [3.63, 3.8) is 0 Å². The molecule has 0 aliphatic heterocycles. The molecule has 4 heteroatoms. The molecule has 0 saturated heterocycles. The minimum atomic E-state index is -0.444. The highest BCUT2D eigenvalue weighted by atomic mass is 16.6. The maximum absolute atomic E-state index is 11.8. The average Bonchev–Trinajstić information content (AvgIpc) is 2.20. The summed E-state index contributed by atoms with van der Waals surface area (Å²) in [5, 5.41) is 6.26. The van der Waals surface area contributed by atoms with Crippen LogP contribution >= 0.6 is 0 Å². The van der Waals surface area contributed by atoms with E-state index in [1.54, 1.807) is 0 Å². The summed E-state index contributed by atoms with van der Waals surface area (Å²) in [6.07, 6.45) is 8.18. The molecule has 0 aromatic carbocycles. The molecule has 0 radical (unpaired) electrons. The number of nitrogens with one attached hydrogen (secondary N) is 2. The van der Waals surface area contributed by atoms with Gasteiger partial charge in [0.2, 0.25) is 0 Å². The van der Waals surface area contributed by atoms with Crippen LogP contribution in [0.25, 0.3) is 0 Å². The Morgan fingerprint density at radius 1 is 1.28 bits per heavy atom. The van der Waals surface area contributed by atoms with Crippen molar-refractivity contribution in [3.8, 4) is 0 Å². The second-order valence-electron chi connectivity index (χ2n) is 5.79. The van der Waals surface area contributed by atoms with Crippen LogP contribution in [0, 0.1) is 0 Å². The SMILES string of the molecule is CN[C@@H]1C/C=C/CCC[C@H]1NC(=O)OC(C)(C)C. The van der Waals surface area contributed by atoms with Crippen LogP contribution in [0.15, 0.2) is 12.2 Å². The van der Waals surface area contributed by atoms with Crippen molar-refractivity contribution in [1.29, 1.82) is 0 Å². The zero-order chi connectivity index (χ0) is 13.6. The molecule has 1 amide bonds. The minimum absolute atomic E-state index is 0.134. The summed E-state index contributed by atoms with van der Waals surface area (Å²) in [6, 6.07) is 0.406. The molecule has 2 N–H and O–H groups in total. The quantitative estimate of drug-likeness (QED) is 0.745. The summed E-state index contributed by atoms with van der Waals surface area (Å²) in [6.45, 7) is 5.63. The van der Waals surface area contributed by atoms with Crippen molar-refractivity contribution < 1.29 is 9.53 Å². The van der Waals surface area contributed by atoms with Gasteiger partial charge in [-0.05, 0) is 53.5 Å². The Morgan fingerprint density at radius 2 is 2.00 bits per heavy atom. The van der Waals surface area contributed by atoms with Crippen LogP contribution in [0.3, 0.4) is 0 Å². The molecule has 1 rings (SSSR count). The van der Waals surface area contributed by atoms with Gasteiger partial charge in [0.1, 0.15) is 5.60 Å². The van der Waals surface area contributed by atoms with Crippen LogP contribution in [0.1, 0.15) is 46.5 Å². The third-order valence-electron chi connectivity index (χ3n) is 3.00. The van der Waals surface area contributed by atoms with E-state index < -0.39 is 5.60 Å². The lowest BCUT2D eigenvalue weighted by Crippen LogP contribution is -2.50. The van der Waals surface area contributed by atoms with E-state index in [4.69, 9.17) is 4.74 Å². The van der Waals surface area contributed by atoms with E-state index in [2.05, 4.69) is 22.8 Å². The number of alkyl carbamates (subject to hydrolysis) is 1. The van der Waals surface area contributed by atoms with Gasteiger partial charge in [-0.3, -0.25) is 0 Å². The minimum Gasteiger partial charge on any atom is -0.444 e. The molecule has 0 aromatic heterocycles. The molecule has 104 valence electrons. The van der Waals surface area contributed by atoms with Crippen molar-refractivity contribution >= 4 is 6.09 Å². The predicted octanol–water partition coefficient (Wildman–Crippen LogP) is 2.60. The molecular formula is C14H26N2O2. The van der Waals surface area contributed by atoms with Gasteiger partial charge in [0, 0.05) is 12.1 Å². The van der Waals surface area contributed by atoms with Gasteiger partial charge in [-0.1, -0.05) is 12.2 Å². The molecule has 0 spiro atoms. The summed E-state index contributed by atoms with van der Waals surface area (Å²) >= 11 is 0. The molecule has 2 atom stereocenters. The van der Waals surface area contributed by atoms with Gasteiger partial charge >= 0.3 is 6.09 Å². The van der Waals surface area contributed by atoms with Crippen molar-refractivity contribution in [1.82, 2.24) is 10.6 Å². The highest BCUT2D eigenvalue weighted by molar-refractivity contribution is 5.68. The third kappa shape index (κ3) is 5.54. The fourth-order valence-electron chi connectivity index (χ4n) is 2.13. The molecule has 1 aliphatic carbocycles. The monoisotopic (exact) mass is 254 g/mol. The molecule has 4 nitrogen and oxygen atoms in total. The van der Waals surface area contributed by atoms with E-state index in [0.29, 0.717) is 0 Å². The molecule has 0 bridgehead atoms. The number of hydrogen-bond donors (Lipinski definition) is 2. The van der Waals surface area contributed by atoms with Crippen molar-refractivity contribution in [3.05, 3.63) is 12.2 Å². The van der Waals surface area contributed by atoms with Gasteiger partial charge in [0.05, 0.1) is 0 Å². The predicted molar refractivity (Wildman–Crippen MR) is 73.6 cm³/mol. The molecule has 1 aliphatic rings. The van der Waals surface area contributed by atoms with Gasteiger partial charge in [-0.2, -0.15) is 0 Å². The summed E-state index contributed by atoms with van der Waals surface area (Å²) < 4.78 is 5.31. The Morgan fingerprint density at radius 3 is 2.61 bits per heavy atom. The molecule has 18 heavy (non-hydrogen) atoms. The Hall–Kier alpha value is -1.03. The lowest BCUT2D eigenvalue weighted by molar-refractivity contribution is 0.0489. The fraction of sp³-hybridized carbons (Fsp3) is 0.786. The van der Waals surface area contributed by atoms with Gasteiger partial charge in [-0.25, -0.2) is 4.79 Å². The number of amides is 1. The molecule has 0 heterocycles. The van der Waals surface area contributed by atoms with Gasteiger partial charge in [0.25, 0.3) is 0 Å². The molecule has 0 unspecified atom stereocenters. The largest absolute Gasteiger partial charge is 0.444 e. The zero-order valence-corrected chi connectivity index (χ0v) is 12.0. The highest BCUT2D eigenvalue weighted by Crippen LogP contribution is 2.14. The van der Waals surface area contributed by atoms with Crippen molar-refractivity contribution in [2.75, 3.05) is 7.05 Å². The summed E-state index contributed by atoms with van der Waals surface area (Å²) in [4.78, 5) is 11.8. The Balaban J connectivity index is 2.55. The Labute approximate surface area is 110 Å². The van der Waals surface area contributed by atoms with E-state index in [1.807, 2.05) is 27.8 Å². The highest BCUT2D eigenvalue weighted by Gasteiger charge is 2.24. The van der Waals surface area contributed by atoms with Crippen molar-refractivity contribution in [2.45, 2.75) is 64.1 Å². The maximum Gasteiger partial charge on any atom is 0.407 e. The third-order valence-corrected chi connectivity index (χ3v) is 3.00. The second kappa shape index (κ2) is 6.78. The van der Waals surface area contributed by atoms with Crippen molar-refractivity contribution in [2.24, 2.45) is 0 Å². The van der Waals surface area contributed by atoms with Crippen LogP contribution in [0.4, 0.5) is 4.79 Å². The summed E-state index contributed by atoms with van der Waals surface area (Å²) in [7, 11) is 1.93. The van der Waals surface area contributed by atoms with E-state index in [9.17, 15) is 4.79 Å². The molecule has 0 aromatic rings. The standard InChI is InChI=1S/C14H26N2O2/c1-14(2,3)18-13(17)16-12-10-8-6-5-7-9-11(12)15-4/h5,7,11-12,15H,6,8-10H2,1-4H3,(H,16,17)/b7-5+/t11-,12-/m1/s1. The number of ether oxygens (including phenoxy) is 1. The first-order valence-corrected chi connectivity index (χ1v) is 6.74. The second-order valence-corrected chi connectivity index (χ2v) is 5.79. The lowest BCUT2D eigenvalue weighted by atomic mass is 9.96. The number of rotatable bonds is 2. The molecule has 0 saturated carbocycles. The topological polar surface area (TPSA) is 50.4 Å². The molecule has 0 fully saturated rings. The first-order chi connectivity index (χ1) is 8.42. The fourth-order valence-corrected chi connectivity index (χ4v) is 2.13. The van der Waals surface area contributed by atoms with Gasteiger partial charge < -0.3 is 15.4 Å². The number of carbonyl (C=O) groups is 1. The van der Waals surface area contributed by atoms with Crippen LogP contribution in [-0.2, 0) is 4.74 Å². The lowest BCUT2D eigenvalue weighted by Gasteiger charge is -2.29.